The van der Waals surface area contributed by atoms with Gasteiger partial charge in [0.05, 0.1) is 16.8 Å². The highest BCUT2D eigenvalue weighted by atomic mass is 32.1. The standard InChI is InChI=1S/C30H30N4O4S/c35-24-9-8-23(27(36)33-24)34-28(37)22-7-3-5-19(26(22)29(34)38)4-1-2-6-21-16-39-25(32-21)15-31-30-13-17-10-18(14-30)12-20(30)11-17/h3,5,7,16-18,20,23,31H,2,6,8-15H2,(H,33,35,36). The molecule has 8 nitrogen and oxygen atoms in total. The van der Waals surface area contributed by atoms with E-state index >= 15 is 0 Å². The molecule has 3 atom stereocenters. The van der Waals surface area contributed by atoms with Gasteiger partial charge in [-0.2, -0.15) is 0 Å². The lowest BCUT2D eigenvalue weighted by Crippen LogP contribution is -2.54. The summed E-state index contributed by atoms with van der Waals surface area (Å²) in [6.45, 7) is 0.836. The van der Waals surface area contributed by atoms with E-state index in [-0.39, 0.29) is 24.0 Å². The van der Waals surface area contributed by atoms with Crippen LogP contribution in [0.3, 0.4) is 0 Å². The fourth-order valence-electron chi connectivity index (χ4n) is 7.85. The number of benzene rings is 1. The van der Waals surface area contributed by atoms with Crippen LogP contribution in [-0.2, 0) is 22.6 Å². The van der Waals surface area contributed by atoms with Gasteiger partial charge in [-0.1, -0.05) is 17.9 Å². The number of carbonyl (C=O) groups is 4. The maximum Gasteiger partial charge on any atom is 0.263 e. The van der Waals surface area contributed by atoms with Gasteiger partial charge in [0.1, 0.15) is 11.0 Å². The Morgan fingerprint density at radius 1 is 1.10 bits per heavy atom. The average molecular weight is 543 g/mol. The van der Waals surface area contributed by atoms with Crippen LogP contribution in [0.15, 0.2) is 23.6 Å². The van der Waals surface area contributed by atoms with E-state index < -0.39 is 29.7 Å². The molecule has 3 heterocycles. The summed E-state index contributed by atoms with van der Waals surface area (Å²) in [5.41, 5.74) is 2.33. The SMILES string of the molecule is O=C1CCC(N2C(=O)c3cccc(C#CCCc4csc(CNC56CC7CC(CC5C7)C6)n4)c3C2=O)C(=O)N1. The summed E-state index contributed by atoms with van der Waals surface area (Å²) in [6.07, 6.45) is 8.44. The molecule has 0 spiro atoms. The number of aromatic nitrogens is 1. The molecule has 8 rings (SSSR count). The summed E-state index contributed by atoms with van der Waals surface area (Å²) in [5.74, 6) is 6.87. The molecule has 2 aliphatic heterocycles. The first-order chi connectivity index (χ1) is 18.9. The number of nitrogens with one attached hydrogen (secondary N) is 2. The van der Waals surface area contributed by atoms with Crippen molar-refractivity contribution in [2.75, 3.05) is 0 Å². The van der Waals surface area contributed by atoms with Gasteiger partial charge in [-0.05, 0) is 68.4 Å². The summed E-state index contributed by atoms with van der Waals surface area (Å²) in [6, 6.07) is 4.02. The predicted molar refractivity (Wildman–Crippen MR) is 144 cm³/mol. The fourth-order valence-corrected chi connectivity index (χ4v) is 8.62. The zero-order valence-corrected chi connectivity index (χ0v) is 22.4. The zero-order valence-electron chi connectivity index (χ0n) is 21.6. The predicted octanol–water partition coefficient (Wildman–Crippen LogP) is 3.20. The number of carbonyl (C=O) groups excluding carboxylic acids is 4. The van der Waals surface area contributed by atoms with Gasteiger partial charge >= 0.3 is 0 Å². The van der Waals surface area contributed by atoms with Crippen molar-refractivity contribution in [1.82, 2.24) is 20.5 Å². The van der Waals surface area contributed by atoms with Crippen LogP contribution in [0.1, 0.15) is 88.3 Å². The third kappa shape index (κ3) is 4.21. The van der Waals surface area contributed by atoms with E-state index in [0.29, 0.717) is 23.9 Å². The monoisotopic (exact) mass is 542 g/mol. The maximum atomic E-state index is 13.2. The lowest BCUT2D eigenvalue weighted by atomic mass is 9.80. The van der Waals surface area contributed by atoms with E-state index in [1.165, 1.54) is 32.1 Å². The molecule has 1 saturated heterocycles. The Labute approximate surface area is 230 Å². The minimum atomic E-state index is -0.984. The number of amides is 4. The molecule has 4 aliphatic carbocycles. The van der Waals surface area contributed by atoms with E-state index in [1.807, 2.05) is 0 Å². The van der Waals surface area contributed by atoms with Crippen LogP contribution < -0.4 is 10.6 Å². The van der Waals surface area contributed by atoms with Crippen LogP contribution in [0.5, 0.6) is 0 Å². The molecule has 5 fully saturated rings. The first-order valence-corrected chi connectivity index (χ1v) is 14.8. The zero-order chi connectivity index (χ0) is 26.7. The van der Waals surface area contributed by atoms with E-state index in [2.05, 4.69) is 27.9 Å². The summed E-state index contributed by atoms with van der Waals surface area (Å²) >= 11 is 1.70. The second kappa shape index (κ2) is 9.39. The molecule has 9 heteroatoms. The average Bonchev–Trinajstić information content (AvgIpc) is 3.60. The maximum absolute atomic E-state index is 13.2. The van der Waals surface area contributed by atoms with Crippen molar-refractivity contribution in [3.63, 3.8) is 0 Å². The summed E-state index contributed by atoms with van der Waals surface area (Å²) in [7, 11) is 0. The van der Waals surface area contributed by atoms with Crippen molar-refractivity contribution >= 4 is 35.0 Å². The molecule has 2 N–H and O–H groups in total. The highest BCUT2D eigenvalue weighted by molar-refractivity contribution is 7.09. The molecular weight excluding hydrogens is 512 g/mol. The fraction of sp³-hybridized carbons (Fsp3) is 0.500. The Kier molecular flexibility index (Phi) is 5.94. The highest BCUT2D eigenvalue weighted by Crippen LogP contribution is 2.60. The van der Waals surface area contributed by atoms with Gasteiger partial charge in [-0.25, -0.2) is 4.98 Å². The molecule has 39 heavy (non-hydrogen) atoms. The molecule has 2 aromatic rings. The number of aryl methyl sites for hydroxylation is 1. The highest BCUT2D eigenvalue weighted by Gasteiger charge is 2.57. The smallest absolute Gasteiger partial charge is 0.263 e. The molecule has 1 aromatic carbocycles. The molecule has 200 valence electrons. The van der Waals surface area contributed by atoms with Crippen LogP contribution in [-0.4, -0.2) is 45.1 Å². The van der Waals surface area contributed by atoms with Crippen LogP contribution >= 0.6 is 11.3 Å². The van der Waals surface area contributed by atoms with E-state index in [0.717, 1.165) is 39.9 Å². The van der Waals surface area contributed by atoms with Crippen molar-refractivity contribution in [2.24, 2.45) is 17.8 Å². The Morgan fingerprint density at radius 3 is 2.72 bits per heavy atom. The summed E-state index contributed by atoms with van der Waals surface area (Å²) < 4.78 is 0. The Morgan fingerprint density at radius 2 is 1.92 bits per heavy atom. The normalized spacial score (nSPS) is 30.5. The second-order valence-electron chi connectivity index (χ2n) is 11.8. The van der Waals surface area contributed by atoms with Gasteiger partial charge in [-0.15, -0.1) is 11.3 Å². The van der Waals surface area contributed by atoms with Gasteiger partial charge in [0.15, 0.2) is 0 Å². The Hall–Kier alpha value is -3.35. The van der Waals surface area contributed by atoms with Crippen LogP contribution in [0.25, 0.3) is 0 Å². The van der Waals surface area contributed by atoms with E-state index in [1.54, 1.807) is 29.5 Å². The molecule has 3 unspecified atom stereocenters. The Balaban J connectivity index is 0.982. The first-order valence-electron chi connectivity index (χ1n) is 13.9. The minimum Gasteiger partial charge on any atom is -0.305 e. The third-order valence-electron chi connectivity index (χ3n) is 9.38. The molecule has 0 radical (unpaired) electrons. The Bertz CT molecular complexity index is 1450. The quantitative estimate of drug-likeness (QED) is 0.429. The number of hydrogen-bond acceptors (Lipinski definition) is 7. The van der Waals surface area contributed by atoms with Crippen molar-refractivity contribution in [2.45, 2.75) is 75.9 Å². The van der Waals surface area contributed by atoms with Crippen molar-refractivity contribution in [3.8, 4) is 11.8 Å². The largest absolute Gasteiger partial charge is 0.305 e. The number of rotatable bonds is 6. The molecule has 4 bridgehead atoms. The molecule has 1 aromatic heterocycles. The second-order valence-corrected chi connectivity index (χ2v) is 12.7. The van der Waals surface area contributed by atoms with Crippen LogP contribution in [0.2, 0.25) is 0 Å². The minimum absolute atomic E-state index is 0.0905. The van der Waals surface area contributed by atoms with Gasteiger partial charge in [0.2, 0.25) is 11.8 Å². The van der Waals surface area contributed by atoms with Crippen molar-refractivity contribution in [3.05, 3.63) is 51.0 Å². The first kappa shape index (κ1) is 24.7. The molecule has 4 amide bonds. The molecule has 4 saturated carbocycles. The van der Waals surface area contributed by atoms with Gasteiger partial charge in [0.25, 0.3) is 11.8 Å². The third-order valence-corrected chi connectivity index (χ3v) is 10.3. The van der Waals surface area contributed by atoms with Crippen LogP contribution in [0, 0.1) is 29.6 Å². The lowest BCUT2D eigenvalue weighted by Gasteiger charge is -2.33. The molecule has 6 aliphatic rings. The topological polar surface area (TPSA) is 108 Å². The lowest BCUT2D eigenvalue weighted by molar-refractivity contribution is -0.136. The molecular formula is C30H30N4O4S. The summed E-state index contributed by atoms with van der Waals surface area (Å²) in [5, 5.41) is 9.36. The van der Waals surface area contributed by atoms with E-state index in [9.17, 15) is 19.2 Å². The van der Waals surface area contributed by atoms with Crippen molar-refractivity contribution in [1.29, 1.82) is 0 Å². The van der Waals surface area contributed by atoms with Crippen molar-refractivity contribution < 1.29 is 19.2 Å². The number of piperidine rings is 1. The van der Waals surface area contributed by atoms with E-state index in [4.69, 9.17) is 4.98 Å². The van der Waals surface area contributed by atoms with Crippen LogP contribution in [0.4, 0.5) is 0 Å². The van der Waals surface area contributed by atoms with Gasteiger partial charge < -0.3 is 5.32 Å². The van der Waals surface area contributed by atoms with Gasteiger partial charge in [-0.3, -0.25) is 29.4 Å². The summed E-state index contributed by atoms with van der Waals surface area (Å²) in [4.78, 5) is 55.9. The number of nitrogens with zero attached hydrogens (tertiary/aromatic N) is 2. The number of imide groups is 2. The number of fused-ring (bicyclic) bond motifs is 1. The number of thiazole rings is 1. The number of hydrogen-bond donors (Lipinski definition) is 2. The van der Waals surface area contributed by atoms with Gasteiger partial charge in [0, 0.05) is 42.3 Å².